The zero-order valence-corrected chi connectivity index (χ0v) is 13.1. The molecule has 1 N–H and O–H groups in total. The van der Waals surface area contributed by atoms with Crippen LogP contribution in [0.4, 0.5) is 0 Å². The van der Waals surface area contributed by atoms with E-state index in [2.05, 4.69) is 33.0 Å². The highest BCUT2D eigenvalue weighted by atomic mass is 16.5. The van der Waals surface area contributed by atoms with Crippen LogP contribution in [-0.4, -0.2) is 38.5 Å². The second-order valence-corrected chi connectivity index (χ2v) is 5.55. The second kappa shape index (κ2) is 10.8. The minimum absolute atomic E-state index is 0.0174. The van der Waals surface area contributed by atoms with Gasteiger partial charge in [-0.15, -0.1) is 0 Å². The van der Waals surface area contributed by atoms with Crippen LogP contribution in [0, 0.1) is 0 Å². The minimum Gasteiger partial charge on any atom is -0.381 e. The van der Waals surface area contributed by atoms with Gasteiger partial charge >= 0.3 is 0 Å². The molecule has 0 radical (unpaired) electrons. The highest BCUT2D eigenvalue weighted by molar-refractivity contribution is 4.74. The van der Waals surface area contributed by atoms with E-state index in [-0.39, 0.29) is 5.60 Å². The van der Waals surface area contributed by atoms with Gasteiger partial charge in [-0.2, -0.15) is 0 Å². The van der Waals surface area contributed by atoms with Gasteiger partial charge in [0.25, 0.3) is 0 Å². The van der Waals surface area contributed by atoms with Crippen molar-refractivity contribution >= 4 is 0 Å². The van der Waals surface area contributed by atoms with Crippen LogP contribution in [-0.2, 0) is 9.47 Å². The van der Waals surface area contributed by atoms with Crippen LogP contribution >= 0.6 is 0 Å². The normalized spacial score (nSPS) is 13.8. The minimum atomic E-state index is -0.0174. The van der Waals surface area contributed by atoms with E-state index in [9.17, 15) is 0 Å². The van der Waals surface area contributed by atoms with Crippen molar-refractivity contribution in [1.29, 1.82) is 0 Å². The molecule has 0 rings (SSSR count). The van der Waals surface area contributed by atoms with E-state index in [0.29, 0.717) is 6.04 Å². The summed E-state index contributed by atoms with van der Waals surface area (Å²) in [5.74, 6) is 0. The number of methoxy groups -OCH3 is 1. The van der Waals surface area contributed by atoms with Gasteiger partial charge in [0, 0.05) is 26.4 Å². The summed E-state index contributed by atoms with van der Waals surface area (Å²) in [7, 11) is 1.79. The van der Waals surface area contributed by atoms with Crippen molar-refractivity contribution < 1.29 is 9.47 Å². The molecule has 0 aromatic heterocycles. The lowest BCUT2D eigenvalue weighted by atomic mass is 9.97. The van der Waals surface area contributed by atoms with Gasteiger partial charge in [-0.25, -0.2) is 0 Å². The van der Waals surface area contributed by atoms with E-state index in [0.717, 1.165) is 45.4 Å². The maximum atomic E-state index is 5.58. The summed E-state index contributed by atoms with van der Waals surface area (Å²) in [5.41, 5.74) is -0.0174. The molecule has 0 saturated heterocycles. The molecule has 0 aromatic rings. The fraction of sp³-hybridized carbons (Fsp3) is 1.00. The smallest absolute Gasteiger partial charge is 0.0623 e. The van der Waals surface area contributed by atoms with Crippen LogP contribution < -0.4 is 5.32 Å². The molecule has 0 bridgehead atoms. The van der Waals surface area contributed by atoms with Crippen LogP contribution in [0.5, 0.6) is 0 Å². The summed E-state index contributed by atoms with van der Waals surface area (Å²) < 4.78 is 11.1. The topological polar surface area (TPSA) is 30.5 Å². The number of hydrogen-bond acceptors (Lipinski definition) is 3. The lowest BCUT2D eigenvalue weighted by molar-refractivity contribution is 0.0106. The molecule has 0 spiro atoms. The predicted molar refractivity (Wildman–Crippen MR) is 78.1 cm³/mol. The van der Waals surface area contributed by atoms with Gasteiger partial charge in [-0.3, -0.25) is 0 Å². The van der Waals surface area contributed by atoms with Gasteiger partial charge in [0.1, 0.15) is 0 Å². The quantitative estimate of drug-likeness (QED) is 0.545. The van der Waals surface area contributed by atoms with E-state index < -0.39 is 0 Å². The average Bonchev–Trinajstić information content (AvgIpc) is 2.37. The van der Waals surface area contributed by atoms with E-state index in [1.54, 1.807) is 7.11 Å². The molecule has 0 aliphatic rings. The van der Waals surface area contributed by atoms with Crippen LogP contribution in [0.3, 0.4) is 0 Å². The first-order valence-corrected chi connectivity index (χ1v) is 7.42. The van der Waals surface area contributed by atoms with E-state index >= 15 is 0 Å². The van der Waals surface area contributed by atoms with Crippen molar-refractivity contribution in [1.82, 2.24) is 5.32 Å². The molecular formula is C15H33NO2. The monoisotopic (exact) mass is 259 g/mol. The Hall–Kier alpha value is -0.120. The van der Waals surface area contributed by atoms with E-state index in [1.807, 2.05) is 0 Å². The van der Waals surface area contributed by atoms with Gasteiger partial charge in [0.2, 0.25) is 0 Å². The molecule has 0 aromatic carbocycles. The first kappa shape index (κ1) is 17.9. The lowest BCUT2D eigenvalue weighted by Crippen LogP contribution is -2.34. The number of ether oxygens (including phenoxy) is 2. The molecule has 3 heteroatoms. The molecule has 0 saturated carbocycles. The summed E-state index contributed by atoms with van der Waals surface area (Å²) in [6, 6.07) is 0.552. The molecule has 1 atom stereocenters. The summed E-state index contributed by atoms with van der Waals surface area (Å²) in [6.45, 7) is 11.5. The van der Waals surface area contributed by atoms with Crippen LogP contribution in [0.25, 0.3) is 0 Å². The standard InChI is InChI=1S/C15H33NO2/c1-6-11-16-14(9-13-18-12-7-2)8-10-15(3,4)17-5/h14,16H,6-13H2,1-5H3. The first-order valence-electron chi connectivity index (χ1n) is 7.42. The largest absolute Gasteiger partial charge is 0.381 e. The maximum Gasteiger partial charge on any atom is 0.0623 e. The van der Waals surface area contributed by atoms with E-state index in [4.69, 9.17) is 9.47 Å². The van der Waals surface area contributed by atoms with Crippen molar-refractivity contribution in [3.05, 3.63) is 0 Å². The zero-order valence-electron chi connectivity index (χ0n) is 13.1. The Labute approximate surface area is 114 Å². The van der Waals surface area contributed by atoms with Crippen molar-refractivity contribution in [2.45, 2.75) is 71.4 Å². The van der Waals surface area contributed by atoms with Crippen LogP contribution in [0.1, 0.15) is 59.8 Å². The summed E-state index contributed by atoms with van der Waals surface area (Å²) in [6.07, 6.45) is 5.61. The van der Waals surface area contributed by atoms with Gasteiger partial charge in [0.05, 0.1) is 5.60 Å². The highest BCUT2D eigenvalue weighted by Gasteiger charge is 2.18. The van der Waals surface area contributed by atoms with Crippen LogP contribution in [0.15, 0.2) is 0 Å². The number of hydrogen-bond donors (Lipinski definition) is 1. The Morgan fingerprint density at radius 1 is 1.06 bits per heavy atom. The Morgan fingerprint density at radius 3 is 2.33 bits per heavy atom. The second-order valence-electron chi connectivity index (χ2n) is 5.55. The fourth-order valence-electron chi connectivity index (χ4n) is 1.79. The Balaban J connectivity index is 3.90. The average molecular weight is 259 g/mol. The molecular weight excluding hydrogens is 226 g/mol. The summed E-state index contributed by atoms with van der Waals surface area (Å²) in [5, 5.41) is 3.61. The van der Waals surface area contributed by atoms with Crippen molar-refractivity contribution in [2.75, 3.05) is 26.9 Å². The molecule has 0 fully saturated rings. The lowest BCUT2D eigenvalue weighted by Gasteiger charge is -2.26. The Morgan fingerprint density at radius 2 is 1.78 bits per heavy atom. The van der Waals surface area contributed by atoms with Gasteiger partial charge in [-0.05, 0) is 52.5 Å². The predicted octanol–water partition coefficient (Wildman–Crippen LogP) is 3.38. The molecule has 3 nitrogen and oxygen atoms in total. The maximum absolute atomic E-state index is 5.58. The van der Waals surface area contributed by atoms with Crippen LogP contribution in [0.2, 0.25) is 0 Å². The van der Waals surface area contributed by atoms with Gasteiger partial charge < -0.3 is 14.8 Å². The highest BCUT2D eigenvalue weighted by Crippen LogP contribution is 2.17. The van der Waals surface area contributed by atoms with E-state index in [1.165, 1.54) is 6.42 Å². The molecule has 0 aliphatic heterocycles. The molecule has 110 valence electrons. The van der Waals surface area contributed by atoms with Crippen molar-refractivity contribution in [3.63, 3.8) is 0 Å². The molecule has 1 unspecified atom stereocenters. The third kappa shape index (κ3) is 9.86. The SMILES string of the molecule is CCCNC(CCOCCC)CCC(C)(C)OC. The Bertz CT molecular complexity index is 183. The zero-order chi connectivity index (χ0) is 13.9. The molecule has 0 amide bonds. The number of nitrogens with one attached hydrogen (secondary N) is 1. The molecule has 18 heavy (non-hydrogen) atoms. The van der Waals surface area contributed by atoms with Gasteiger partial charge in [0.15, 0.2) is 0 Å². The van der Waals surface area contributed by atoms with Crippen molar-refractivity contribution in [3.8, 4) is 0 Å². The fourth-order valence-corrected chi connectivity index (χ4v) is 1.79. The third-order valence-corrected chi connectivity index (χ3v) is 3.29. The number of rotatable bonds is 12. The summed E-state index contributed by atoms with van der Waals surface area (Å²) in [4.78, 5) is 0. The first-order chi connectivity index (χ1) is 8.55. The summed E-state index contributed by atoms with van der Waals surface area (Å²) >= 11 is 0. The van der Waals surface area contributed by atoms with Gasteiger partial charge in [-0.1, -0.05) is 13.8 Å². The van der Waals surface area contributed by atoms with Crippen molar-refractivity contribution in [2.24, 2.45) is 0 Å². The Kier molecular flexibility index (Phi) is 10.7. The third-order valence-electron chi connectivity index (χ3n) is 3.29. The molecule has 0 heterocycles. The molecule has 0 aliphatic carbocycles.